The van der Waals surface area contributed by atoms with Crippen LogP contribution in [0.1, 0.15) is 30.4 Å². The molecular weight excluding hydrogens is 372 g/mol. The second-order valence-electron chi connectivity index (χ2n) is 6.40. The zero-order valence-electron chi connectivity index (χ0n) is 16.2. The van der Waals surface area contributed by atoms with Gasteiger partial charge in [0.15, 0.2) is 0 Å². The molecule has 7 heteroatoms. The zero-order valence-corrected chi connectivity index (χ0v) is 16.2. The minimum atomic E-state index is -1.15. The molecule has 7 nitrogen and oxygen atoms in total. The quantitative estimate of drug-likeness (QED) is 0.355. The summed E-state index contributed by atoms with van der Waals surface area (Å²) in [6.07, 6.45) is 0.527. The van der Waals surface area contributed by atoms with Crippen molar-refractivity contribution in [1.82, 2.24) is 5.32 Å². The van der Waals surface area contributed by atoms with Crippen LogP contribution >= 0.6 is 0 Å². The van der Waals surface area contributed by atoms with Crippen LogP contribution in [-0.4, -0.2) is 30.4 Å². The van der Waals surface area contributed by atoms with E-state index in [1.807, 2.05) is 24.3 Å². The number of rotatable bonds is 11. The minimum Gasteiger partial charge on any atom is -0.455 e. The van der Waals surface area contributed by atoms with Gasteiger partial charge in [0.2, 0.25) is 0 Å². The lowest BCUT2D eigenvalue weighted by Gasteiger charge is -2.14. The Balaban J connectivity index is 1.89. The number of unbranched alkanes of at least 4 members (excludes halogenated alkanes) is 1. The monoisotopic (exact) mass is 397 g/mol. The lowest BCUT2D eigenvalue weighted by atomic mass is 10.1. The van der Waals surface area contributed by atoms with E-state index < -0.39 is 23.9 Å². The normalized spacial score (nSPS) is 11.3. The SMILES string of the molecule is NCCCC[C@H]([N]C(=O)OCc1ccccc1)C(=O)C(=O)OCc1ccccc1. The van der Waals surface area contributed by atoms with Gasteiger partial charge in [-0.2, -0.15) is 0 Å². The Morgan fingerprint density at radius 2 is 1.38 bits per heavy atom. The van der Waals surface area contributed by atoms with Gasteiger partial charge in [-0.25, -0.2) is 14.9 Å². The molecule has 0 bridgehead atoms. The second-order valence-corrected chi connectivity index (χ2v) is 6.40. The van der Waals surface area contributed by atoms with Gasteiger partial charge in [0.05, 0.1) is 0 Å². The van der Waals surface area contributed by atoms with Crippen molar-refractivity contribution >= 4 is 17.8 Å². The fourth-order valence-corrected chi connectivity index (χ4v) is 2.55. The van der Waals surface area contributed by atoms with Gasteiger partial charge in [-0.05, 0) is 36.9 Å². The van der Waals surface area contributed by atoms with Crippen molar-refractivity contribution in [2.24, 2.45) is 5.73 Å². The van der Waals surface area contributed by atoms with Crippen LogP contribution < -0.4 is 11.1 Å². The van der Waals surface area contributed by atoms with E-state index in [2.05, 4.69) is 5.32 Å². The third-order valence-electron chi connectivity index (χ3n) is 4.11. The Hall–Kier alpha value is -3.19. The summed E-state index contributed by atoms with van der Waals surface area (Å²) in [4.78, 5) is 36.7. The average Bonchev–Trinajstić information content (AvgIpc) is 2.76. The van der Waals surface area contributed by atoms with Crippen LogP contribution in [0.4, 0.5) is 4.79 Å². The first kappa shape index (κ1) is 22.1. The lowest BCUT2D eigenvalue weighted by molar-refractivity contribution is -0.155. The van der Waals surface area contributed by atoms with Crippen molar-refractivity contribution in [3.63, 3.8) is 0 Å². The van der Waals surface area contributed by atoms with Crippen LogP contribution in [0, 0.1) is 0 Å². The lowest BCUT2D eigenvalue weighted by Crippen LogP contribution is -2.40. The maximum absolute atomic E-state index is 12.5. The molecule has 0 heterocycles. The number of Topliss-reactive ketones (excluding diaryl/α,β-unsaturated/α-hetero) is 1. The van der Waals surface area contributed by atoms with Gasteiger partial charge in [0.1, 0.15) is 19.3 Å². The summed E-state index contributed by atoms with van der Waals surface area (Å²) in [7, 11) is 0. The summed E-state index contributed by atoms with van der Waals surface area (Å²) < 4.78 is 10.2. The highest BCUT2D eigenvalue weighted by Crippen LogP contribution is 2.08. The standard InChI is InChI=1S/C22H25N2O5/c23-14-8-7-13-19(24-22(27)29-16-18-11-5-2-6-12-18)20(25)21(26)28-15-17-9-3-1-4-10-17/h1-6,9-12,19H,7-8,13-16,23H2/t19-/m0/s1. The number of hydrogen-bond acceptors (Lipinski definition) is 6. The summed E-state index contributed by atoms with van der Waals surface area (Å²) in [5.74, 6) is -1.89. The Bertz CT molecular complexity index is 780. The van der Waals surface area contributed by atoms with Gasteiger partial charge in [-0.1, -0.05) is 60.7 Å². The minimum absolute atomic E-state index is 0.0284. The first-order valence-electron chi connectivity index (χ1n) is 9.46. The van der Waals surface area contributed by atoms with E-state index in [1.165, 1.54) is 0 Å². The van der Waals surface area contributed by atoms with Crippen LogP contribution in [0.5, 0.6) is 0 Å². The molecule has 2 aromatic rings. The maximum Gasteiger partial charge on any atom is 0.430 e. The number of carbonyl (C=O) groups excluding carboxylic acids is 3. The molecule has 0 saturated carbocycles. The van der Waals surface area contributed by atoms with Crippen molar-refractivity contribution < 1.29 is 23.9 Å². The molecule has 153 valence electrons. The predicted octanol–water partition coefficient (Wildman–Crippen LogP) is 2.74. The average molecular weight is 397 g/mol. The van der Waals surface area contributed by atoms with Gasteiger partial charge >= 0.3 is 12.1 Å². The molecule has 29 heavy (non-hydrogen) atoms. The number of nitrogens with zero attached hydrogens (tertiary/aromatic N) is 1. The van der Waals surface area contributed by atoms with Crippen molar-refractivity contribution in [1.29, 1.82) is 0 Å². The molecule has 0 aliphatic rings. The number of hydrogen-bond donors (Lipinski definition) is 1. The van der Waals surface area contributed by atoms with Gasteiger partial charge in [-0.15, -0.1) is 0 Å². The van der Waals surface area contributed by atoms with Crippen molar-refractivity contribution in [2.75, 3.05) is 6.54 Å². The number of carbonyl (C=O) groups is 3. The number of benzene rings is 2. The van der Waals surface area contributed by atoms with Crippen LogP contribution in [-0.2, 0) is 32.3 Å². The molecule has 2 rings (SSSR count). The molecule has 0 aliphatic carbocycles. The van der Waals surface area contributed by atoms with E-state index in [0.29, 0.717) is 19.4 Å². The number of ketones is 1. The molecule has 0 fully saturated rings. The van der Waals surface area contributed by atoms with Crippen molar-refractivity contribution in [2.45, 2.75) is 38.5 Å². The van der Waals surface area contributed by atoms with Crippen molar-refractivity contribution in [3.8, 4) is 0 Å². The van der Waals surface area contributed by atoms with Gasteiger partial charge in [0.25, 0.3) is 5.78 Å². The third-order valence-corrected chi connectivity index (χ3v) is 4.11. The molecule has 0 saturated heterocycles. The van der Waals surface area contributed by atoms with Crippen LogP contribution in [0.3, 0.4) is 0 Å². The predicted molar refractivity (Wildman–Crippen MR) is 107 cm³/mol. The van der Waals surface area contributed by atoms with E-state index in [0.717, 1.165) is 11.1 Å². The molecular formula is C22H25N2O5. The summed E-state index contributed by atoms with van der Waals surface area (Å²) in [6.45, 7) is 0.447. The van der Waals surface area contributed by atoms with Crippen LogP contribution in [0.25, 0.3) is 0 Å². The zero-order chi connectivity index (χ0) is 20.9. The summed E-state index contributed by atoms with van der Waals surface area (Å²) in [5, 5.41) is 3.79. The molecule has 1 atom stereocenters. The van der Waals surface area contributed by atoms with E-state index in [4.69, 9.17) is 15.2 Å². The number of nitrogens with two attached hydrogens (primary N) is 1. The Morgan fingerprint density at radius 3 is 1.93 bits per heavy atom. The van der Waals surface area contributed by atoms with Crippen molar-refractivity contribution in [3.05, 3.63) is 71.8 Å². The molecule has 0 aromatic heterocycles. The first-order valence-corrected chi connectivity index (χ1v) is 9.46. The van der Waals surface area contributed by atoms with E-state index in [9.17, 15) is 14.4 Å². The molecule has 0 spiro atoms. The van der Waals surface area contributed by atoms with Crippen LogP contribution in [0.2, 0.25) is 0 Å². The fraction of sp³-hybridized carbons (Fsp3) is 0.318. The number of ether oxygens (including phenoxy) is 2. The summed E-state index contributed by atoms with van der Waals surface area (Å²) >= 11 is 0. The summed E-state index contributed by atoms with van der Waals surface area (Å²) in [6, 6.07) is 17.0. The number of amides is 1. The Labute approximate surface area is 170 Å². The second kappa shape index (κ2) is 12.3. The largest absolute Gasteiger partial charge is 0.455 e. The fourth-order valence-electron chi connectivity index (χ4n) is 2.55. The smallest absolute Gasteiger partial charge is 0.430 e. The van der Waals surface area contributed by atoms with E-state index in [1.54, 1.807) is 36.4 Å². The van der Waals surface area contributed by atoms with E-state index in [-0.39, 0.29) is 19.6 Å². The Kier molecular flexibility index (Phi) is 9.38. The topological polar surface area (TPSA) is 110 Å². The third kappa shape index (κ3) is 8.15. The van der Waals surface area contributed by atoms with Gasteiger partial charge in [-0.3, -0.25) is 4.79 Å². The highest BCUT2D eigenvalue weighted by atomic mass is 16.6. The highest BCUT2D eigenvalue weighted by molar-refractivity contribution is 6.36. The maximum atomic E-state index is 12.5. The summed E-state index contributed by atoms with van der Waals surface area (Å²) in [5.41, 5.74) is 7.03. The molecule has 2 N–H and O–H groups in total. The molecule has 2 aromatic carbocycles. The number of esters is 1. The molecule has 1 radical (unpaired) electrons. The highest BCUT2D eigenvalue weighted by Gasteiger charge is 2.30. The first-order chi connectivity index (χ1) is 14.1. The Morgan fingerprint density at radius 1 is 0.828 bits per heavy atom. The van der Waals surface area contributed by atoms with Gasteiger partial charge in [0, 0.05) is 0 Å². The molecule has 0 aliphatic heterocycles. The molecule has 1 amide bonds. The van der Waals surface area contributed by atoms with Crippen LogP contribution in [0.15, 0.2) is 60.7 Å². The molecule has 0 unspecified atom stereocenters. The van der Waals surface area contributed by atoms with Gasteiger partial charge < -0.3 is 15.2 Å². The van der Waals surface area contributed by atoms with E-state index >= 15 is 0 Å².